The van der Waals surface area contributed by atoms with Crippen molar-refractivity contribution in [3.63, 3.8) is 0 Å². The number of benzene rings is 2. The fourth-order valence-corrected chi connectivity index (χ4v) is 5.45. The molecule has 184 valence electrons. The topological polar surface area (TPSA) is 105 Å². The molecule has 1 saturated heterocycles. The first-order valence-electron chi connectivity index (χ1n) is 12.2. The minimum Gasteiger partial charge on any atom is -0.481 e. The van der Waals surface area contributed by atoms with E-state index in [4.69, 9.17) is 9.47 Å². The smallest absolute Gasteiger partial charge is 0.407 e. The van der Waals surface area contributed by atoms with E-state index < -0.39 is 24.1 Å². The Morgan fingerprint density at radius 2 is 1.66 bits per heavy atom. The van der Waals surface area contributed by atoms with Crippen LogP contribution in [0.4, 0.5) is 4.79 Å². The van der Waals surface area contributed by atoms with Crippen LogP contribution in [-0.2, 0) is 19.1 Å². The van der Waals surface area contributed by atoms with Crippen molar-refractivity contribution >= 4 is 18.0 Å². The van der Waals surface area contributed by atoms with E-state index in [0.29, 0.717) is 26.1 Å². The molecule has 0 spiro atoms. The summed E-state index contributed by atoms with van der Waals surface area (Å²) in [6, 6.07) is 16.4. The number of nitrogens with one attached hydrogen (secondary N) is 1. The molecule has 5 rings (SSSR count). The fourth-order valence-electron chi connectivity index (χ4n) is 5.45. The molecule has 0 radical (unpaired) electrons. The highest BCUT2D eigenvalue weighted by atomic mass is 16.5. The van der Waals surface area contributed by atoms with Gasteiger partial charge in [0, 0.05) is 38.1 Å². The van der Waals surface area contributed by atoms with Gasteiger partial charge in [0.2, 0.25) is 5.91 Å². The number of likely N-dealkylation sites (tertiary alicyclic amines) is 1. The number of carboxylic acids is 1. The van der Waals surface area contributed by atoms with Gasteiger partial charge in [-0.05, 0) is 41.5 Å². The van der Waals surface area contributed by atoms with Gasteiger partial charge >= 0.3 is 12.1 Å². The largest absolute Gasteiger partial charge is 0.481 e. The number of hydrogen-bond donors (Lipinski definition) is 2. The van der Waals surface area contributed by atoms with Crippen LogP contribution in [-0.4, -0.2) is 66.9 Å². The molecule has 35 heavy (non-hydrogen) atoms. The minimum absolute atomic E-state index is 0.000894. The van der Waals surface area contributed by atoms with E-state index in [-0.39, 0.29) is 36.8 Å². The van der Waals surface area contributed by atoms with Crippen molar-refractivity contribution in [3.05, 3.63) is 59.7 Å². The van der Waals surface area contributed by atoms with E-state index in [1.54, 1.807) is 4.90 Å². The average Bonchev–Trinajstić information content (AvgIpc) is 3.40. The maximum Gasteiger partial charge on any atom is 0.407 e. The summed E-state index contributed by atoms with van der Waals surface area (Å²) in [5.74, 6) is -1.86. The number of ether oxygens (including phenoxy) is 2. The lowest BCUT2D eigenvalue weighted by Crippen LogP contribution is -2.33. The van der Waals surface area contributed by atoms with Gasteiger partial charge in [-0.1, -0.05) is 48.5 Å². The Hall–Kier alpha value is -3.39. The summed E-state index contributed by atoms with van der Waals surface area (Å²) in [5.41, 5.74) is 4.67. The number of amides is 2. The van der Waals surface area contributed by atoms with Crippen LogP contribution >= 0.6 is 0 Å². The third-order valence-electron chi connectivity index (χ3n) is 7.37. The van der Waals surface area contributed by atoms with E-state index in [9.17, 15) is 19.5 Å². The molecular weight excluding hydrogens is 448 g/mol. The zero-order valence-electron chi connectivity index (χ0n) is 19.7. The van der Waals surface area contributed by atoms with E-state index in [0.717, 1.165) is 11.1 Å². The van der Waals surface area contributed by atoms with Gasteiger partial charge in [0.1, 0.15) is 12.5 Å². The van der Waals surface area contributed by atoms with Gasteiger partial charge in [-0.25, -0.2) is 4.79 Å². The predicted octanol–water partition coefficient (Wildman–Crippen LogP) is 3.11. The maximum atomic E-state index is 12.8. The molecule has 8 heteroatoms. The Kier molecular flexibility index (Phi) is 6.47. The van der Waals surface area contributed by atoms with Crippen LogP contribution in [0.15, 0.2) is 48.5 Å². The van der Waals surface area contributed by atoms with Crippen LogP contribution in [0.1, 0.15) is 30.4 Å². The number of carboxylic acid groups (broad SMARTS) is 1. The van der Waals surface area contributed by atoms with Gasteiger partial charge in [-0.15, -0.1) is 0 Å². The van der Waals surface area contributed by atoms with E-state index in [2.05, 4.69) is 29.6 Å². The normalized spacial score (nSPS) is 24.5. The van der Waals surface area contributed by atoms with Crippen LogP contribution in [0, 0.1) is 17.8 Å². The van der Waals surface area contributed by atoms with Gasteiger partial charge in [-0.3, -0.25) is 9.59 Å². The van der Waals surface area contributed by atoms with Crippen molar-refractivity contribution in [1.29, 1.82) is 0 Å². The van der Waals surface area contributed by atoms with Crippen molar-refractivity contribution in [2.45, 2.75) is 25.4 Å². The number of hydrogen-bond acceptors (Lipinski definition) is 5. The van der Waals surface area contributed by atoms with Crippen LogP contribution in [0.25, 0.3) is 11.1 Å². The van der Waals surface area contributed by atoms with Crippen molar-refractivity contribution in [1.82, 2.24) is 10.2 Å². The number of carbonyl (C=O) groups is 3. The number of aliphatic carboxylic acids is 1. The quantitative estimate of drug-likeness (QED) is 0.604. The summed E-state index contributed by atoms with van der Waals surface area (Å²) in [6.45, 7) is 3.30. The number of carbonyl (C=O) groups excluding carboxylic acids is 2. The zero-order chi connectivity index (χ0) is 24.5. The molecule has 0 bridgehead atoms. The lowest BCUT2D eigenvalue weighted by molar-refractivity contribution is -0.145. The van der Waals surface area contributed by atoms with Crippen molar-refractivity contribution in [3.8, 4) is 11.1 Å². The highest BCUT2D eigenvalue weighted by molar-refractivity contribution is 5.84. The first kappa shape index (κ1) is 23.4. The first-order chi connectivity index (χ1) is 17.0. The predicted molar refractivity (Wildman–Crippen MR) is 128 cm³/mol. The summed E-state index contributed by atoms with van der Waals surface area (Å²) in [6.07, 6.45) is -0.290. The van der Waals surface area contributed by atoms with Gasteiger partial charge in [0.15, 0.2) is 0 Å². The molecule has 8 nitrogen and oxygen atoms in total. The zero-order valence-corrected chi connectivity index (χ0v) is 19.7. The second kappa shape index (κ2) is 9.70. The Morgan fingerprint density at radius 1 is 1.00 bits per heavy atom. The first-order valence-corrected chi connectivity index (χ1v) is 12.2. The second-order valence-corrected chi connectivity index (χ2v) is 9.49. The van der Waals surface area contributed by atoms with E-state index >= 15 is 0 Å². The maximum absolute atomic E-state index is 12.8. The summed E-state index contributed by atoms with van der Waals surface area (Å²) in [7, 11) is 0. The Bertz CT molecular complexity index is 1090. The summed E-state index contributed by atoms with van der Waals surface area (Å²) >= 11 is 0. The molecule has 4 atom stereocenters. The Balaban J connectivity index is 1.10. The Labute approximate surface area is 204 Å². The van der Waals surface area contributed by atoms with E-state index in [1.807, 2.05) is 31.2 Å². The fraction of sp³-hybridized carbons (Fsp3) is 0.444. The van der Waals surface area contributed by atoms with Crippen molar-refractivity contribution < 1.29 is 29.0 Å². The molecule has 2 N–H and O–H groups in total. The van der Waals surface area contributed by atoms with Crippen LogP contribution in [0.3, 0.4) is 0 Å². The highest BCUT2D eigenvalue weighted by Gasteiger charge is 2.49. The summed E-state index contributed by atoms with van der Waals surface area (Å²) < 4.78 is 11.1. The number of alkyl carbamates (subject to hydrolysis) is 1. The van der Waals surface area contributed by atoms with Crippen molar-refractivity contribution in [2.75, 3.05) is 32.8 Å². The van der Waals surface area contributed by atoms with Crippen molar-refractivity contribution in [2.24, 2.45) is 17.8 Å². The van der Waals surface area contributed by atoms with Gasteiger partial charge in [-0.2, -0.15) is 0 Å². The molecule has 2 fully saturated rings. The molecular formula is C27H30N2O6. The minimum atomic E-state index is -0.942. The number of rotatable bonds is 8. The molecule has 1 aliphatic heterocycles. The molecule has 1 heterocycles. The monoisotopic (exact) mass is 478 g/mol. The third kappa shape index (κ3) is 4.62. The Morgan fingerprint density at radius 3 is 2.29 bits per heavy atom. The van der Waals surface area contributed by atoms with Gasteiger partial charge in [0.25, 0.3) is 0 Å². The van der Waals surface area contributed by atoms with Crippen LogP contribution < -0.4 is 5.32 Å². The molecule has 2 aromatic rings. The lowest BCUT2D eigenvalue weighted by Gasteiger charge is -2.16. The van der Waals surface area contributed by atoms with Gasteiger partial charge in [0.05, 0.1) is 6.10 Å². The van der Waals surface area contributed by atoms with Crippen LogP contribution in [0.5, 0.6) is 0 Å². The average molecular weight is 479 g/mol. The second-order valence-electron chi connectivity index (χ2n) is 9.49. The molecule has 0 aromatic heterocycles. The molecule has 2 aliphatic carbocycles. The molecule has 1 saturated carbocycles. The third-order valence-corrected chi connectivity index (χ3v) is 7.37. The standard InChI is InChI=1S/C27H30N2O6/c1-2-34-24-14-29(13-22(24)26(31)32)25(30)21-11-16(21)12-28-27(33)35-15-23-19-9-5-3-7-17(19)18-8-4-6-10-20(18)23/h3-10,16,21-24H,2,11-15H2,1H3,(H,28,33)(H,31,32)/t16-,21-,22?,24?/m1/s1. The highest BCUT2D eigenvalue weighted by Crippen LogP contribution is 2.44. The summed E-state index contributed by atoms with van der Waals surface area (Å²) in [5, 5.41) is 12.2. The molecule has 2 unspecified atom stereocenters. The lowest BCUT2D eigenvalue weighted by atomic mass is 9.98. The van der Waals surface area contributed by atoms with Gasteiger partial charge < -0.3 is 24.8 Å². The number of fused-ring (bicyclic) bond motifs is 3. The number of nitrogens with zero attached hydrogens (tertiary/aromatic N) is 1. The van der Waals surface area contributed by atoms with Crippen LogP contribution in [0.2, 0.25) is 0 Å². The van der Waals surface area contributed by atoms with E-state index in [1.165, 1.54) is 11.1 Å². The molecule has 2 aromatic carbocycles. The molecule has 3 aliphatic rings. The SMILES string of the molecule is CCOC1CN(C(=O)[C@@H]2C[C@@H]2CNC(=O)OCC2c3ccccc3-c3ccccc32)CC1C(=O)O. The summed E-state index contributed by atoms with van der Waals surface area (Å²) in [4.78, 5) is 38.3. The molecule has 2 amide bonds.